The molecule has 7 nitrogen and oxygen atoms in total. The highest BCUT2D eigenvalue weighted by Gasteiger charge is 2.13. The molecule has 0 spiro atoms. The standard InChI is InChI=1S/C10H13N5O2S/c11-7(16)4-15(5-8(12)17)9-2-1-6(3-14-9)10(13)18/h1-3H,4-5H2,(H2,11,16)(H2,12,17)(H2,13,18). The maximum Gasteiger partial charge on any atom is 0.237 e. The van der Waals surface area contributed by atoms with Crippen LogP contribution in [0.25, 0.3) is 0 Å². The third-order valence-corrected chi connectivity index (χ3v) is 2.29. The molecule has 1 aromatic rings. The van der Waals surface area contributed by atoms with Crippen molar-refractivity contribution in [2.45, 2.75) is 0 Å². The van der Waals surface area contributed by atoms with Crippen LogP contribution in [0.2, 0.25) is 0 Å². The fraction of sp³-hybridized carbons (Fsp3) is 0.200. The summed E-state index contributed by atoms with van der Waals surface area (Å²) in [5, 5.41) is 0. The van der Waals surface area contributed by atoms with E-state index >= 15 is 0 Å². The average molecular weight is 267 g/mol. The van der Waals surface area contributed by atoms with Crippen LogP contribution < -0.4 is 22.1 Å². The molecule has 96 valence electrons. The zero-order valence-corrected chi connectivity index (χ0v) is 10.3. The van der Waals surface area contributed by atoms with Gasteiger partial charge in [0.15, 0.2) is 0 Å². The number of nitrogens with zero attached hydrogens (tertiary/aromatic N) is 2. The van der Waals surface area contributed by atoms with Gasteiger partial charge in [0.2, 0.25) is 11.8 Å². The van der Waals surface area contributed by atoms with Crippen molar-refractivity contribution >= 4 is 34.8 Å². The number of carbonyl (C=O) groups excluding carboxylic acids is 2. The van der Waals surface area contributed by atoms with E-state index in [0.717, 1.165) is 0 Å². The number of hydrogen-bond donors (Lipinski definition) is 3. The molecule has 0 radical (unpaired) electrons. The summed E-state index contributed by atoms with van der Waals surface area (Å²) in [4.78, 5) is 27.4. The number of anilines is 1. The normalized spacial score (nSPS) is 9.78. The molecule has 0 aliphatic carbocycles. The number of thiocarbonyl (C=S) groups is 1. The Morgan fingerprint density at radius 1 is 1.17 bits per heavy atom. The van der Waals surface area contributed by atoms with Gasteiger partial charge in [0.05, 0.1) is 13.1 Å². The van der Waals surface area contributed by atoms with E-state index in [2.05, 4.69) is 4.98 Å². The lowest BCUT2D eigenvalue weighted by Gasteiger charge is -2.20. The molecular weight excluding hydrogens is 254 g/mol. The van der Waals surface area contributed by atoms with Crippen LogP contribution in [0.15, 0.2) is 18.3 Å². The third kappa shape index (κ3) is 3.98. The number of amides is 2. The highest BCUT2D eigenvalue weighted by molar-refractivity contribution is 7.80. The molecule has 1 aromatic heterocycles. The van der Waals surface area contributed by atoms with Gasteiger partial charge in [-0.1, -0.05) is 12.2 Å². The van der Waals surface area contributed by atoms with Gasteiger partial charge < -0.3 is 22.1 Å². The second-order valence-corrected chi connectivity index (χ2v) is 4.00. The molecule has 0 atom stereocenters. The molecular formula is C10H13N5O2S. The number of hydrogen-bond acceptors (Lipinski definition) is 5. The fourth-order valence-corrected chi connectivity index (χ4v) is 1.43. The Kier molecular flexibility index (Phi) is 4.55. The van der Waals surface area contributed by atoms with E-state index in [-0.39, 0.29) is 18.1 Å². The summed E-state index contributed by atoms with van der Waals surface area (Å²) < 4.78 is 0. The van der Waals surface area contributed by atoms with Crippen molar-refractivity contribution in [2.24, 2.45) is 17.2 Å². The van der Waals surface area contributed by atoms with Crippen molar-refractivity contribution in [1.29, 1.82) is 0 Å². The van der Waals surface area contributed by atoms with Gasteiger partial charge in [-0.3, -0.25) is 9.59 Å². The molecule has 1 rings (SSSR count). The summed E-state index contributed by atoms with van der Waals surface area (Å²) in [5.41, 5.74) is 16.2. The summed E-state index contributed by atoms with van der Waals surface area (Å²) in [6, 6.07) is 3.22. The number of aromatic nitrogens is 1. The first kappa shape index (κ1) is 13.8. The van der Waals surface area contributed by atoms with Gasteiger partial charge in [0.1, 0.15) is 10.8 Å². The van der Waals surface area contributed by atoms with Crippen molar-refractivity contribution in [1.82, 2.24) is 4.98 Å². The minimum Gasteiger partial charge on any atom is -0.389 e. The highest BCUT2D eigenvalue weighted by atomic mass is 32.1. The Labute approximate surface area is 109 Å². The molecule has 0 saturated carbocycles. The Morgan fingerprint density at radius 3 is 2.06 bits per heavy atom. The van der Waals surface area contributed by atoms with Crippen LogP contribution in [0.4, 0.5) is 5.82 Å². The van der Waals surface area contributed by atoms with Gasteiger partial charge in [-0.25, -0.2) is 4.98 Å². The molecule has 0 aliphatic rings. The quantitative estimate of drug-likeness (QED) is 0.538. The van der Waals surface area contributed by atoms with Gasteiger partial charge in [-0.2, -0.15) is 0 Å². The minimum absolute atomic E-state index is 0.150. The molecule has 0 aromatic carbocycles. The van der Waals surface area contributed by atoms with Crippen molar-refractivity contribution in [3.05, 3.63) is 23.9 Å². The average Bonchev–Trinajstić information content (AvgIpc) is 2.27. The predicted octanol–water partition coefficient (Wildman–Crippen LogP) is -1.51. The van der Waals surface area contributed by atoms with E-state index in [1.807, 2.05) is 0 Å². The van der Waals surface area contributed by atoms with Crippen LogP contribution in [0.1, 0.15) is 5.56 Å². The van der Waals surface area contributed by atoms with Crippen LogP contribution in [-0.4, -0.2) is 34.9 Å². The van der Waals surface area contributed by atoms with Gasteiger partial charge in [0.25, 0.3) is 0 Å². The Hall–Kier alpha value is -2.22. The molecule has 0 aliphatic heterocycles. The number of nitrogens with two attached hydrogens (primary N) is 3. The van der Waals surface area contributed by atoms with Crippen molar-refractivity contribution < 1.29 is 9.59 Å². The molecule has 6 N–H and O–H groups in total. The van der Waals surface area contributed by atoms with Crippen molar-refractivity contribution in [3.8, 4) is 0 Å². The summed E-state index contributed by atoms with van der Waals surface area (Å²) in [7, 11) is 0. The second kappa shape index (κ2) is 5.92. The lowest BCUT2D eigenvalue weighted by atomic mass is 10.2. The second-order valence-electron chi connectivity index (χ2n) is 3.56. The first-order chi connectivity index (χ1) is 8.40. The van der Waals surface area contributed by atoms with Gasteiger partial charge in [-0.05, 0) is 12.1 Å². The molecule has 0 saturated heterocycles. The first-order valence-electron chi connectivity index (χ1n) is 4.97. The van der Waals surface area contributed by atoms with E-state index in [1.54, 1.807) is 12.1 Å². The fourth-order valence-electron chi connectivity index (χ4n) is 1.31. The molecule has 1 heterocycles. The van der Waals surface area contributed by atoms with E-state index in [1.165, 1.54) is 11.1 Å². The molecule has 0 unspecified atom stereocenters. The Morgan fingerprint density at radius 2 is 1.72 bits per heavy atom. The highest BCUT2D eigenvalue weighted by Crippen LogP contribution is 2.10. The van der Waals surface area contributed by atoms with E-state index < -0.39 is 11.8 Å². The smallest absolute Gasteiger partial charge is 0.237 e. The van der Waals surface area contributed by atoms with Crippen LogP contribution in [0.3, 0.4) is 0 Å². The molecule has 2 amide bonds. The largest absolute Gasteiger partial charge is 0.389 e. The Balaban J connectivity index is 2.93. The zero-order chi connectivity index (χ0) is 13.7. The zero-order valence-electron chi connectivity index (χ0n) is 9.50. The molecule has 18 heavy (non-hydrogen) atoms. The SMILES string of the molecule is NC(=O)CN(CC(N)=O)c1ccc(C(N)=S)cn1. The third-order valence-electron chi connectivity index (χ3n) is 2.05. The number of primary amides is 2. The number of carbonyl (C=O) groups is 2. The summed E-state index contributed by atoms with van der Waals surface area (Å²) >= 11 is 4.79. The Bertz CT molecular complexity index is 458. The van der Waals surface area contributed by atoms with Gasteiger partial charge in [0, 0.05) is 11.8 Å². The predicted molar refractivity (Wildman–Crippen MR) is 70.7 cm³/mol. The monoisotopic (exact) mass is 267 g/mol. The van der Waals surface area contributed by atoms with Gasteiger partial charge in [-0.15, -0.1) is 0 Å². The summed E-state index contributed by atoms with van der Waals surface area (Å²) in [6.07, 6.45) is 1.45. The summed E-state index contributed by atoms with van der Waals surface area (Å²) in [6.45, 7) is -0.301. The molecule has 0 bridgehead atoms. The van der Waals surface area contributed by atoms with Gasteiger partial charge >= 0.3 is 0 Å². The first-order valence-corrected chi connectivity index (χ1v) is 5.38. The van der Waals surface area contributed by atoms with Crippen LogP contribution >= 0.6 is 12.2 Å². The van der Waals surface area contributed by atoms with E-state index in [0.29, 0.717) is 11.4 Å². The van der Waals surface area contributed by atoms with Crippen molar-refractivity contribution in [3.63, 3.8) is 0 Å². The number of pyridine rings is 1. The summed E-state index contributed by atoms with van der Waals surface area (Å²) in [5.74, 6) is -0.777. The maximum absolute atomic E-state index is 10.9. The number of rotatable bonds is 6. The van der Waals surface area contributed by atoms with Crippen LogP contribution in [0, 0.1) is 0 Å². The topological polar surface area (TPSA) is 128 Å². The molecule has 8 heteroatoms. The minimum atomic E-state index is -0.587. The van der Waals surface area contributed by atoms with E-state index in [9.17, 15) is 9.59 Å². The van der Waals surface area contributed by atoms with Crippen LogP contribution in [-0.2, 0) is 9.59 Å². The van der Waals surface area contributed by atoms with Crippen LogP contribution in [0.5, 0.6) is 0 Å². The van der Waals surface area contributed by atoms with E-state index in [4.69, 9.17) is 29.4 Å². The lowest BCUT2D eigenvalue weighted by Crippen LogP contribution is -2.40. The molecule has 0 fully saturated rings. The van der Waals surface area contributed by atoms with Crippen molar-refractivity contribution in [2.75, 3.05) is 18.0 Å². The maximum atomic E-state index is 10.9. The lowest BCUT2D eigenvalue weighted by molar-refractivity contribution is -0.117.